The van der Waals surface area contributed by atoms with Crippen LogP contribution in [0.3, 0.4) is 0 Å². The fourth-order valence-electron chi connectivity index (χ4n) is 2.31. The summed E-state index contributed by atoms with van der Waals surface area (Å²) in [6, 6.07) is 3.33. The summed E-state index contributed by atoms with van der Waals surface area (Å²) in [4.78, 5) is 9.99. The summed E-state index contributed by atoms with van der Waals surface area (Å²) in [5.41, 5.74) is -0.465. The summed E-state index contributed by atoms with van der Waals surface area (Å²) in [7, 11) is -3.03. The first kappa shape index (κ1) is 14.9. The molecule has 0 radical (unpaired) electrons. The molecule has 1 fully saturated rings. The van der Waals surface area contributed by atoms with E-state index >= 15 is 0 Å². The molecule has 1 saturated heterocycles. The highest BCUT2D eigenvalue weighted by Gasteiger charge is 2.37. The van der Waals surface area contributed by atoms with Crippen LogP contribution in [0.5, 0.6) is 0 Å². The molecule has 1 aliphatic rings. The van der Waals surface area contributed by atoms with Gasteiger partial charge in [-0.1, -0.05) is 0 Å². The average molecular weight is 302 g/mol. The van der Waals surface area contributed by atoms with Crippen molar-refractivity contribution >= 4 is 15.5 Å². The molecule has 20 heavy (non-hydrogen) atoms. The molecule has 2 rings (SSSR count). The van der Waals surface area contributed by atoms with Gasteiger partial charge < -0.3 is 5.32 Å². The number of benzene rings is 1. The highest BCUT2D eigenvalue weighted by atomic mass is 32.2. The predicted octanol–water partition coefficient (Wildman–Crippen LogP) is 1.40. The lowest BCUT2D eigenvalue weighted by Crippen LogP contribution is -2.42. The molecule has 0 aliphatic carbocycles. The molecule has 0 amide bonds. The number of nitro benzene ring substituents is 1. The fourth-order valence-corrected chi connectivity index (χ4v) is 4.43. The smallest absolute Gasteiger partial charge is 0.272 e. The van der Waals surface area contributed by atoms with Crippen LogP contribution in [-0.2, 0) is 16.4 Å². The Labute approximate surface area is 116 Å². The highest BCUT2D eigenvalue weighted by molar-refractivity contribution is 7.91. The Morgan fingerprint density at radius 1 is 1.45 bits per heavy atom. The Hall–Kier alpha value is -1.54. The second-order valence-corrected chi connectivity index (χ2v) is 7.52. The summed E-state index contributed by atoms with van der Waals surface area (Å²) in [6.45, 7) is 1.97. The van der Waals surface area contributed by atoms with Crippen molar-refractivity contribution in [1.29, 1.82) is 0 Å². The normalized spacial score (nSPS) is 24.7. The van der Waals surface area contributed by atoms with E-state index in [4.69, 9.17) is 0 Å². The number of hydrogen-bond donors (Lipinski definition) is 1. The lowest BCUT2D eigenvalue weighted by Gasteiger charge is -2.24. The topological polar surface area (TPSA) is 89.3 Å². The predicted molar refractivity (Wildman–Crippen MR) is 71.6 cm³/mol. The molecule has 1 heterocycles. The maximum absolute atomic E-state index is 13.3. The molecule has 0 aromatic heterocycles. The monoisotopic (exact) mass is 302 g/mol. The zero-order chi connectivity index (χ0) is 15.0. The van der Waals surface area contributed by atoms with Crippen molar-refractivity contribution in [2.75, 3.05) is 11.5 Å². The Balaban J connectivity index is 2.10. The molecule has 1 N–H and O–H groups in total. The number of halogens is 1. The lowest BCUT2D eigenvalue weighted by atomic mass is 10.0. The number of sulfone groups is 1. The highest BCUT2D eigenvalue weighted by Crippen LogP contribution is 2.24. The van der Waals surface area contributed by atoms with Crippen molar-refractivity contribution < 1.29 is 17.7 Å². The maximum atomic E-state index is 13.3. The summed E-state index contributed by atoms with van der Waals surface area (Å²) in [6.07, 6.45) is 0.479. The number of hydrogen-bond acceptors (Lipinski definition) is 5. The van der Waals surface area contributed by atoms with E-state index in [1.807, 2.05) is 0 Å². The Morgan fingerprint density at radius 2 is 2.15 bits per heavy atom. The van der Waals surface area contributed by atoms with Gasteiger partial charge in [0.1, 0.15) is 5.82 Å². The SMILES string of the molecule is CC1(NCc2cc(F)cc([N+](=O)[O-])c2)CCS(=O)(=O)C1. The van der Waals surface area contributed by atoms with Gasteiger partial charge in [-0.2, -0.15) is 0 Å². The number of non-ortho nitro benzene ring substituents is 1. The van der Waals surface area contributed by atoms with E-state index in [1.165, 1.54) is 12.1 Å². The van der Waals surface area contributed by atoms with Crippen LogP contribution >= 0.6 is 0 Å². The van der Waals surface area contributed by atoms with E-state index in [9.17, 15) is 22.9 Å². The molecule has 1 aromatic carbocycles. The van der Waals surface area contributed by atoms with Crippen LogP contribution in [0, 0.1) is 15.9 Å². The minimum absolute atomic E-state index is 0.0252. The van der Waals surface area contributed by atoms with Crippen molar-refractivity contribution in [3.63, 3.8) is 0 Å². The molecular formula is C12H15FN2O4S. The minimum atomic E-state index is -3.03. The van der Waals surface area contributed by atoms with Gasteiger partial charge in [-0.3, -0.25) is 10.1 Å². The molecule has 0 spiro atoms. The van der Waals surface area contributed by atoms with Crippen LogP contribution in [-0.4, -0.2) is 30.4 Å². The van der Waals surface area contributed by atoms with Crippen LogP contribution in [0.15, 0.2) is 18.2 Å². The molecule has 0 bridgehead atoms. The molecule has 6 nitrogen and oxygen atoms in total. The van der Waals surface area contributed by atoms with Crippen molar-refractivity contribution in [2.45, 2.75) is 25.4 Å². The second-order valence-electron chi connectivity index (χ2n) is 5.33. The first-order valence-electron chi connectivity index (χ1n) is 6.08. The number of nitrogens with zero attached hydrogens (tertiary/aromatic N) is 1. The third kappa shape index (κ3) is 3.51. The van der Waals surface area contributed by atoms with Crippen molar-refractivity contribution in [3.8, 4) is 0 Å². The first-order valence-corrected chi connectivity index (χ1v) is 7.91. The first-order chi connectivity index (χ1) is 9.19. The van der Waals surface area contributed by atoms with Gasteiger partial charge in [0.2, 0.25) is 0 Å². The van der Waals surface area contributed by atoms with Gasteiger partial charge in [0.05, 0.1) is 22.5 Å². The van der Waals surface area contributed by atoms with Crippen molar-refractivity contribution in [3.05, 3.63) is 39.7 Å². The second kappa shape index (κ2) is 5.10. The third-order valence-corrected chi connectivity index (χ3v) is 5.28. The largest absolute Gasteiger partial charge is 0.306 e. The zero-order valence-corrected chi connectivity index (χ0v) is 11.7. The van der Waals surface area contributed by atoms with E-state index < -0.39 is 26.1 Å². The van der Waals surface area contributed by atoms with Gasteiger partial charge in [-0.25, -0.2) is 12.8 Å². The van der Waals surface area contributed by atoms with Crippen LogP contribution in [0.4, 0.5) is 10.1 Å². The summed E-state index contributed by atoms with van der Waals surface area (Å²) < 4.78 is 36.2. The fraction of sp³-hybridized carbons (Fsp3) is 0.500. The van der Waals surface area contributed by atoms with Crippen LogP contribution in [0.1, 0.15) is 18.9 Å². The van der Waals surface area contributed by atoms with Crippen LogP contribution in [0.25, 0.3) is 0 Å². The Bertz CT molecular complexity index is 647. The van der Waals surface area contributed by atoms with Gasteiger partial charge >= 0.3 is 0 Å². The van der Waals surface area contributed by atoms with Crippen molar-refractivity contribution in [1.82, 2.24) is 5.32 Å². The Morgan fingerprint density at radius 3 is 2.70 bits per heavy atom. The molecule has 8 heteroatoms. The molecule has 110 valence electrons. The summed E-state index contributed by atoms with van der Waals surface area (Å²) in [5, 5.41) is 13.7. The van der Waals surface area contributed by atoms with Gasteiger partial charge in [0.25, 0.3) is 5.69 Å². The quantitative estimate of drug-likeness (QED) is 0.671. The molecule has 0 saturated carbocycles. The van der Waals surface area contributed by atoms with E-state index in [2.05, 4.69) is 5.32 Å². The molecule has 1 unspecified atom stereocenters. The van der Waals surface area contributed by atoms with Crippen LogP contribution in [0.2, 0.25) is 0 Å². The van der Waals surface area contributed by atoms with E-state index in [0.29, 0.717) is 12.0 Å². The standard InChI is InChI=1S/C12H15FN2O4S/c1-12(2-3-20(18,19)8-12)14-7-9-4-10(13)6-11(5-9)15(16)17/h4-6,14H,2-3,7-8H2,1H3. The van der Waals surface area contributed by atoms with Gasteiger partial charge in [0.15, 0.2) is 9.84 Å². The molecule has 1 aliphatic heterocycles. The molecular weight excluding hydrogens is 287 g/mol. The van der Waals surface area contributed by atoms with E-state index in [-0.39, 0.29) is 23.7 Å². The lowest BCUT2D eigenvalue weighted by molar-refractivity contribution is -0.385. The van der Waals surface area contributed by atoms with Gasteiger partial charge in [0, 0.05) is 18.2 Å². The van der Waals surface area contributed by atoms with Gasteiger partial charge in [-0.05, 0) is 25.0 Å². The summed E-state index contributed by atoms with van der Waals surface area (Å²) >= 11 is 0. The van der Waals surface area contributed by atoms with E-state index in [1.54, 1.807) is 6.92 Å². The van der Waals surface area contributed by atoms with Crippen LogP contribution < -0.4 is 5.32 Å². The number of nitro groups is 1. The number of nitrogens with one attached hydrogen (secondary N) is 1. The van der Waals surface area contributed by atoms with Crippen molar-refractivity contribution in [2.24, 2.45) is 0 Å². The third-order valence-electron chi connectivity index (χ3n) is 3.38. The maximum Gasteiger partial charge on any atom is 0.272 e. The number of rotatable bonds is 4. The van der Waals surface area contributed by atoms with E-state index in [0.717, 1.165) is 6.07 Å². The summed E-state index contributed by atoms with van der Waals surface area (Å²) in [5.74, 6) is -0.530. The minimum Gasteiger partial charge on any atom is -0.306 e. The van der Waals surface area contributed by atoms with Gasteiger partial charge in [-0.15, -0.1) is 0 Å². The average Bonchev–Trinajstić information content (AvgIpc) is 2.61. The zero-order valence-electron chi connectivity index (χ0n) is 10.9. The Kier molecular flexibility index (Phi) is 3.79. The molecule has 1 atom stereocenters. The molecule has 1 aromatic rings.